The average molecular weight is 334 g/mol. The lowest BCUT2D eigenvalue weighted by molar-refractivity contribution is -0.109. The Bertz CT molecular complexity index is 638. The minimum atomic E-state index is 0.403. The largest absolute Gasteiger partial charge is 0.496 e. The van der Waals surface area contributed by atoms with Gasteiger partial charge in [0.15, 0.2) is 0 Å². The first-order valence-electron chi connectivity index (χ1n) is 6.85. The smallest absolute Gasteiger partial charge is 0.221 e. The Balaban J connectivity index is 0.000000593. The molecule has 0 aliphatic heterocycles. The molecule has 23 heavy (non-hydrogen) atoms. The second-order valence-electron chi connectivity index (χ2n) is 4.31. The van der Waals surface area contributed by atoms with Crippen LogP contribution in [0.5, 0.6) is 5.75 Å². The van der Waals surface area contributed by atoms with Crippen molar-refractivity contribution in [3.63, 3.8) is 0 Å². The Kier molecular flexibility index (Phi) is 8.28. The molecule has 0 radical (unpaired) electrons. The van der Waals surface area contributed by atoms with Gasteiger partial charge in [0.1, 0.15) is 5.75 Å². The molecule has 6 heteroatoms. The van der Waals surface area contributed by atoms with Crippen LogP contribution in [0.4, 0.5) is 5.69 Å². The average Bonchev–Trinajstić information content (AvgIpc) is 2.60. The molecular formula is C17H20ClN3O2. The molecule has 5 nitrogen and oxygen atoms in total. The summed E-state index contributed by atoms with van der Waals surface area (Å²) < 4.78 is 5.38. The maximum Gasteiger partial charge on any atom is 0.221 e. The fourth-order valence-electron chi connectivity index (χ4n) is 1.90. The van der Waals surface area contributed by atoms with Crippen LogP contribution in [0.3, 0.4) is 0 Å². The number of hydrogen-bond donors (Lipinski definition) is 3. The third-order valence-corrected chi connectivity index (χ3v) is 3.30. The molecule has 0 atom stereocenters. The molecule has 122 valence electrons. The monoisotopic (exact) mass is 333 g/mol. The second-order valence-corrected chi connectivity index (χ2v) is 4.72. The lowest BCUT2D eigenvalue weighted by atomic mass is 10.1. The van der Waals surface area contributed by atoms with Crippen molar-refractivity contribution in [1.29, 1.82) is 0 Å². The van der Waals surface area contributed by atoms with Gasteiger partial charge in [-0.05, 0) is 29.8 Å². The molecule has 1 amide bonds. The van der Waals surface area contributed by atoms with Gasteiger partial charge < -0.3 is 10.1 Å². The summed E-state index contributed by atoms with van der Waals surface area (Å²) in [5, 5.41) is 3.89. The van der Waals surface area contributed by atoms with E-state index in [1.807, 2.05) is 61.7 Å². The third kappa shape index (κ3) is 5.65. The number of rotatable bonds is 5. The number of halogens is 1. The Labute approximate surface area is 141 Å². The zero-order valence-electron chi connectivity index (χ0n) is 13.0. The highest BCUT2D eigenvalue weighted by molar-refractivity contribution is 6.32. The van der Waals surface area contributed by atoms with Crippen LogP contribution in [-0.4, -0.2) is 20.6 Å². The van der Waals surface area contributed by atoms with E-state index in [0.29, 0.717) is 6.41 Å². The van der Waals surface area contributed by atoms with Crippen molar-refractivity contribution in [2.24, 2.45) is 5.84 Å². The Morgan fingerprint density at radius 3 is 2.39 bits per heavy atom. The van der Waals surface area contributed by atoms with E-state index in [1.165, 1.54) is 0 Å². The molecule has 0 bridgehead atoms. The van der Waals surface area contributed by atoms with Crippen LogP contribution in [0.25, 0.3) is 12.2 Å². The Hall–Kier alpha value is -2.50. The minimum Gasteiger partial charge on any atom is -0.496 e. The van der Waals surface area contributed by atoms with Crippen molar-refractivity contribution in [2.45, 2.75) is 0 Å². The molecule has 2 aromatic rings. The highest BCUT2D eigenvalue weighted by atomic mass is 35.5. The van der Waals surface area contributed by atoms with E-state index in [4.69, 9.17) is 21.1 Å². The number of hydrazine groups is 1. The summed E-state index contributed by atoms with van der Waals surface area (Å²) in [5.41, 5.74) is 4.76. The van der Waals surface area contributed by atoms with Crippen LogP contribution < -0.4 is 21.3 Å². The lowest BCUT2D eigenvalue weighted by Gasteiger charge is -2.10. The minimum absolute atomic E-state index is 0.403. The number of benzene rings is 2. The van der Waals surface area contributed by atoms with E-state index in [-0.39, 0.29) is 0 Å². The highest BCUT2D eigenvalue weighted by Gasteiger charge is 2.04. The molecule has 0 heterocycles. The van der Waals surface area contributed by atoms with Gasteiger partial charge in [-0.1, -0.05) is 41.9 Å². The highest BCUT2D eigenvalue weighted by Crippen LogP contribution is 2.29. The number of anilines is 1. The number of ether oxygens (including phenoxy) is 1. The predicted octanol–water partition coefficient (Wildman–Crippen LogP) is 3.17. The van der Waals surface area contributed by atoms with Gasteiger partial charge in [0.2, 0.25) is 6.41 Å². The van der Waals surface area contributed by atoms with Crippen LogP contribution in [0.1, 0.15) is 11.1 Å². The first-order chi connectivity index (χ1) is 11.2. The summed E-state index contributed by atoms with van der Waals surface area (Å²) in [6.45, 7) is 0. The molecule has 0 fully saturated rings. The molecule has 0 saturated heterocycles. The van der Waals surface area contributed by atoms with E-state index in [1.54, 1.807) is 12.5 Å². The van der Waals surface area contributed by atoms with Crippen molar-refractivity contribution in [3.8, 4) is 5.75 Å². The van der Waals surface area contributed by atoms with Crippen LogP contribution in [-0.2, 0) is 4.79 Å². The molecular weight excluding hydrogens is 314 g/mol. The Morgan fingerprint density at radius 2 is 1.83 bits per heavy atom. The number of nitrogens with two attached hydrogens (primary N) is 1. The molecule has 0 aliphatic carbocycles. The first-order valence-corrected chi connectivity index (χ1v) is 7.22. The fraction of sp³-hybridized carbons (Fsp3) is 0.118. The van der Waals surface area contributed by atoms with Gasteiger partial charge in [0, 0.05) is 23.3 Å². The van der Waals surface area contributed by atoms with E-state index in [9.17, 15) is 0 Å². The zero-order chi connectivity index (χ0) is 17.1. The predicted molar refractivity (Wildman–Crippen MR) is 96.3 cm³/mol. The molecule has 0 aromatic heterocycles. The molecule has 0 aliphatic rings. The quantitative estimate of drug-likeness (QED) is 0.258. The first kappa shape index (κ1) is 18.5. The van der Waals surface area contributed by atoms with E-state index in [0.717, 1.165) is 27.6 Å². The lowest BCUT2D eigenvalue weighted by Crippen LogP contribution is -2.18. The van der Waals surface area contributed by atoms with Gasteiger partial charge in [-0.2, -0.15) is 0 Å². The number of carbonyl (C=O) groups is 1. The Morgan fingerprint density at radius 1 is 1.13 bits per heavy atom. The fourth-order valence-corrected chi connectivity index (χ4v) is 2.09. The van der Waals surface area contributed by atoms with Crippen LogP contribution >= 0.6 is 11.6 Å². The summed E-state index contributed by atoms with van der Waals surface area (Å²) in [4.78, 5) is 8.94. The summed E-state index contributed by atoms with van der Waals surface area (Å²) in [5.74, 6) is 5.24. The number of hydrogen-bond acceptors (Lipinski definition) is 4. The van der Waals surface area contributed by atoms with Crippen LogP contribution in [0.2, 0.25) is 5.02 Å². The maximum absolute atomic E-state index is 8.94. The molecule has 0 spiro atoms. The summed E-state index contributed by atoms with van der Waals surface area (Å²) in [6.07, 6.45) is 4.40. The number of nitrogens with one attached hydrogen (secondary N) is 2. The maximum atomic E-state index is 8.94. The normalized spacial score (nSPS) is 9.74. The van der Waals surface area contributed by atoms with Gasteiger partial charge in [0.05, 0.1) is 7.11 Å². The summed E-state index contributed by atoms with van der Waals surface area (Å²) >= 11 is 6.14. The second kappa shape index (κ2) is 10.3. The summed E-state index contributed by atoms with van der Waals surface area (Å²) in [7, 11) is 3.56. The van der Waals surface area contributed by atoms with Crippen molar-refractivity contribution < 1.29 is 9.53 Å². The van der Waals surface area contributed by atoms with E-state index in [2.05, 4.69) is 11.2 Å². The SMILES string of the molecule is CNc1cccc(OC)c1/C=C/c1ccccc1Cl.NNC=O. The van der Waals surface area contributed by atoms with Gasteiger partial charge in [-0.15, -0.1) is 0 Å². The third-order valence-electron chi connectivity index (χ3n) is 2.96. The van der Waals surface area contributed by atoms with Crippen molar-refractivity contribution in [1.82, 2.24) is 5.43 Å². The van der Waals surface area contributed by atoms with Crippen molar-refractivity contribution in [2.75, 3.05) is 19.5 Å². The number of amides is 1. The van der Waals surface area contributed by atoms with E-state index < -0.39 is 0 Å². The van der Waals surface area contributed by atoms with Crippen LogP contribution in [0.15, 0.2) is 42.5 Å². The van der Waals surface area contributed by atoms with E-state index >= 15 is 0 Å². The van der Waals surface area contributed by atoms with Gasteiger partial charge >= 0.3 is 0 Å². The van der Waals surface area contributed by atoms with Gasteiger partial charge in [-0.25, -0.2) is 5.84 Å². The zero-order valence-corrected chi connectivity index (χ0v) is 13.8. The standard InChI is InChI=1S/C16H16ClNO.CH4N2O/c1-18-15-8-5-9-16(19-2)13(15)11-10-12-6-3-4-7-14(12)17;2-3-1-4/h3-11,18H,1-2H3;1H,2H2,(H,3,4)/b11-10+;. The summed E-state index contributed by atoms with van der Waals surface area (Å²) in [6, 6.07) is 13.6. The molecule has 2 rings (SSSR count). The molecule has 0 unspecified atom stereocenters. The van der Waals surface area contributed by atoms with Gasteiger partial charge in [-0.3, -0.25) is 10.2 Å². The van der Waals surface area contributed by atoms with Gasteiger partial charge in [0.25, 0.3) is 0 Å². The van der Waals surface area contributed by atoms with Crippen molar-refractivity contribution >= 4 is 35.9 Å². The van der Waals surface area contributed by atoms with Crippen LogP contribution in [0, 0.1) is 0 Å². The van der Waals surface area contributed by atoms with Crippen molar-refractivity contribution in [3.05, 3.63) is 58.6 Å². The molecule has 0 saturated carbocycles. The topological polar surface area (TPSA) is 76.4 Å². The molecule has 4 N–H and O–H groups in total. The number of methoxy groups -OCH3 is 1. The molecule has 2 aromatic carbocycles. The number of carbonyl (C=O) groups excluding carboxylic acids is 1.